The zero-order valence-corrected chi connectivity index (χ0v) is 6.21. The lowest BCUT2D eigenvalue weighted by Gasteiger charge is -2.14. The molecule has 1 nitrogen and oxygen atoms in total. The number of benzene rings is 1. The predicted molar refractivity (Wildman–Crippen MR) is 45.3 cm³/mol. The Morgan fingerprint density at radius 3 is 3.00 bits per heavy atom. The van der Waals surface area contributed by atoms with Crippen LogP contribution < -0.4 is 4.74 Å². The Kier molecular flexibility index (Phi) is 1.42. The molecule has 0 aromatic heterocycles. The van der Waals surface area contributed by atoms with Crippen molar-refractivity contribution in [3.05, 3.63) is 42.3 Å². The lowest BCUT2D eigenvalue weighted by Crippen LogP contribution is -2.04. The minimum absolute atomic E-state index is 0.622. The molecule has 1 heterocycles. The fourth-order valence-corrected chi connectivity index (χ4v) is 1.16. The largest absolute Gasteiger partial charge is 0.489 e. The summed E-state index contributed by atoms with van der Waals surface area (Å²) in [6.07, 6.45) is 2.05. The summed E-state index contributed by atoms with van der Waals surface area (Å²) in [5, 5.41) is 0. The van der Waals surface area contributed by atoms with Gasteiger partial charge in [0.15, 0.2) is 0 Å². The summed E-state index contributed by atoms with van der Waals surface area (Å²) < 4.78 is 5.40. The highest BCUT2D eigenvalue weighted by Crippen LogP contribution is 2.24. The monoisotopic (exact) mass is 145 g/mol. The van der Waals surface area contributed by atoms with Crippen LogP contribution >= 0.6 is 0 Å². The molecule has 0 saturated heterocycles. The Bertz CT molecular complexity index is 299. The van der Waals surface area contributed by atoms with Gasteiger partial charge in [-0.15, -0.1) is 0 Å². The summed E-state index contributed by atoms with van der Waals surface area (Å²) in [7, 11) is 0. The average molecular weight is 145 g/mol. The van der Waals surface area contributed by atoms with Gasteiger partial charge in [0, 0.05) is 5.56 Å². The SMILES string of the molecule is [CH2]C1=Cc2ccccc2OC1. The second kappa shape index (κ2) is 2.42. The number of hydrogen-bond acceptors (Lipinski definition) is 1. The van der Waals surface area contributed by atoms with E-state index in [1.54, 1.807) is 0 Å². The maximum absolute atomic E-state index is 5.40. The lowest BCUT2D eigenvalue weighted by atomic mass is 10.1. The van der Waals surface area contributed by atoms with Crippen LogP contribution in [0.3, 0.4) is 0 Å². The van der Waals surface area contributed by atoms with Crippen molar-refractivity contribution in [2.75, 3.05) is 6.61 Å². The molecule has 0 fully saturated rings. The van der Waals surface area contributed by atoms with Crippen molar-refractivity contribution in [2.45, 2.75) is 0 Å². The number of hydrogen-bond donors (Lipinski definition) is 0. The molecule has 11 heavy (non-hydrogen) atoms. The van der Waals surface area contributed by atoms with E-state index in [2.05, 4.69) is 13.0 Å². The Morgan fingerprint density at radius 2 is 2.09 bits per heavy atom. The molecule has 1 radical (unpaired) electrons. The van der Waals surface area contributed by atoms with Crippen molar-refractivity contribution in [1.29, 1.82) is 0 Å². The molecule has 0 atom stereocenters. The first-order chi connectivity index (χ1) is 5.36. The van der Waals surface area contributed by atoms with Crippen molar-refractivity contribution >= 4 is 6.08 Å². The normalized spacial score (nSPS) is 14.8. The van der Waals surface area contributed by atoms with Crippen LogP contribution in [0.15, 0.2) is 29.8 Å². The maximum atomic E-state index is 5.40. The molecule has 1 aliphatic heterocycles. The average Bonchev–Trinajstić information content (AvgIpc) is 2.04. The van der Waals surface area contributed by atoms with Gasteiger partial charge in [0.25, 0.3) is 0 Å². The Hall–Kier alpha value is -1.24. The molecule has 0 bridgehead atoms. The molecule has 0 saturated carbocycles. The molecule has 1 heteroatoms. The van der Waals surface area contributed by atoms with Crippen molar-refractivity contribution in [1.82, 2.24) is 0 Å². The first kappa shape index (κ1) is 6.47. The van der Waals surface area contributed by atoms with Crippen LogP contribution in [0.2, 0.25) is 0 Å². The molecule has 55 valence electrons. The third kappa shape index (κ3) is 1.14. The van der Waals surface area contributed by atoms with Crippen molar-refractivity contribution in [3.63, 3.8) is 0 Å². The van der Waals surface area contributed by atoms with Crippen molar-refractivity contribution in [3.8, 4) is 5.75 Å². The summed E-state index contributed by atoms with van der Waals surface area (Å²) in [4.78, 5) is 0. The Balaban J connectivity index is 2.51. The number of rotatable bonds is 0. The van der Waals surface area contributed by atoms with Gasteiger partial charge in [-0.2, -0.15) is 0 Å². The van der Waals surface area contributed by atoms with E-state index in [0.29, 0.717) is 6.61 Å². The predicted octanol–water partition coefficient (Wildman–Crippen LogP) is 2.30. The first-order valence-electron chi connectivity index (χ1n) is 3.60. The van der Waals surface area contributed by atoms with Gasteiger partial charge in [0.05, 0.1) is 0 Å². The summed E-state index contributed by atoms with van der Waals surface area (Å²) >= 11 is 0. The highest BCUT2D eigenvalue weighted by atomic mass is 16.5. The van der Waals surface area contributed by atoms with Crippen LogP contribution in [0.25, 0.3) is 6.08 Å². The minimum atomic E-state index is 0.622. The molecular weight excluding hydrogens is 136 g/mol. The van der Waals surface area contributed by atoms with E-state index in [0.717, 1.165) is 16.9 Å². The topological polar surface area (TPSA) is 9.23 Å². The standard InChI is InChI=1S/C10H9O/c1-8-6-9-4-2-3-5-10(9)11-7-8/h2-6H,1,7H2. The van der Waals surface area contributed by atoms with Gasteiger partial charge in [-0.3, -0.25) is 0 Å². The molecule has 0 N–H and O–H groups in total. The van der Waals surface area contributed by atoms with E-state index < -0.39 is 0 Å². The van der Waals surface area contributed by atoms with Gasteiger partial charge in [-0.05, 0) is 24.6 Å². The maximum Gasteiger partial charge on any atom is 0.127 e. The molecule has 0 amide bonds. The van der Waals surface area contributed by atoms with E-state index in [1.165, 1.54) is 0 Å². The zero-order chi connectivity index (χ0) is 7.68. The molecular formula is C10H9O. The molecule has 0 aliphatic carbocycles. The highest BCUT2D eigenvalue weighted by Gasteiger charge is 2.05. The first-order valence-corrected chi connectivity index (χ1v) is 3.60. The minimum Gasteiger partial charge on any atom is -0.489 e. The van der Waals surface area contributed by atoms with Crippen molar-refractivity contribution < 1.29 is 4.74 Å². The van der Waals surface area contributed by atoms with Gasteiger partial charge >= 0.3 is 0 Å². The quantitative estimate of drug-likeness (QED) is 0.544. The third-order valence-electron chi connectivity index (χ3n) is 1.69. The number of ether oxygens (including phenoxy) is 1. The molecule has 1 aromatic carbocycles. The van der Waals surface area contributed by atoms with Gasteiger partial charge in [-0.1, -0.05) is 18.2 Å². The molecule has 1 aliphatic rings. The smallest absolute Gasteiger partial charge is 0.127 e. The lowest BCUT2D eigenvalue weighted by molar-refractivity contribution is 0.350. The number of para-hydroxylation sites is 1. The van der Waals surface area contributed by atoms with Crippen LogP contribution in [-0.4, -0.2) is 6.61 Å². The zero-order valence-electron chi connectivity index (χ0n) is 6.21. The fraction of sp³-hybridized carbons (Fsp3) is 0.100. The van der Waals surface area contributed by atoms with Crippen LogP contribution in [-0.2, 0) is 0 Å². The van der Waals surface area contributed by atoms with Gasteiger partial charge in [0.1, 0.15) is 12.4 Å². The van der Waals surface area contributed by atoms with E-state index >= 15 is 0 Å². The summed E-state index contributed by atoms with van der Waals surface area (Å²) in [5.74, 6) is 0.958. The number of fused-ring (bicyclic) bond motifs is 1. The molecule has 2 rings (SSSR count). The Labute approximate surface area is 66.3 Å². The molecule has 1 aromatic rings. The van der Waals surface area contributed by atoms with Crippen LogP contribution in [0, 0.1) is 6.92 Å². The second-order valence-corrected chi connectivity index (χ2v) is 2.63. The molecule has 0 unspecified atom stereocenters. The van der Waals surface area contributed by atoms with Crippen LogP contribution in [0.4, 0.5) is 0 Å². The van der Waals surface area contributed by atoms with E-state index in [-0.39, 0.29) is 0 Å². The van der Waals surface area contributed by atoms with Crippen LogP contribution in [0.1, 0.15) is 5.56 Å². The van der Waals surface area contributed by atoms with Crippen LogP contribution in [0.5, 0.6) is 5.75 Å². The van der Waals surface area contributed by atoms with Gasteiger partial charge < -0.3 is 4.74 Å². The summed E-state index contributed by atoms with van der Waals surface area (Å²) in [6, 6.07) is 7.97. The third-order valence-corrected chi connectivity index (χ3v) is 1.69. The second-order valence-electron chi connectivity index (χ2n) is 2.63. The van der Waals surface area contributed by atoms with Gasteiger partial charge in [-0.25, -0.2) is 0 Å². The fourth-order valence-electron chi connectivity index (χ4n) is 1.16. The summed E-state index contributed by atoms with van der Waals surface area (Å²) in [6.45, 7) is 4.45. The van der Waals surface area contributed by atoms with Gasteiger partial charge in [0.2, 0.25) is 0 Å². The van der Waals surface area contributed by atoms with E-state index in [1.807, 2.05) is 24.3 Å². The van der Waals surface area contributed by atoms with E-state index in [9.17, 15) is 0 Å². The Morgan fingerprint density at radius 1 is 1.27 bits per heavy atom. The summed E-state index contributed by atoms with van der Waals surface area (Å²) in [5.41, 5.74) is 2.16. The highest BCUT2D eigenvalue weighted by molar-refractivity contribution is 5.62. The van der Waals surface area contributed by atoms with E-state index in [4.69, 9.17) is 4.74 Å². The van der Waals surface area contributed by atoms with Crippen molar-refractivity contribution in [2.24, 2.45) is 0 Å². The molecule has 0 spiro atoms.